The molecule has 3 atom stereocenters. The molecule has 2 aromatic carbocycles. The molecule has 7 nitrogen and oxygen atoms in total. The monoisotopic (exact) mass is 492 g/mol. The average molecular weight is 493 g/mol. The average Bonchev–Trinajstić information content (AvgIpc) is 3.48. The zero-order valence-corrected chi connectivity index (χ0v) is 20.8. The summed E-state index contributed by atoms with van der Waals surface area (Å²) >= 11 is 0. The summed E-state index contributed by atoms with van der Waals surface area (Å²) in [6.07, 6.45) is 3.15. The van der Waals surface area contributed by atoms with Crippen molar-refractivity contribution in [3.05, 3.63) is 83.3 Å². The van der Waals surface area contributed by atoms with Gasteiger partial charge in [-0.15, -0.1) is 10.2 Å². The second-order valence-corrected chi connectivity index (χ2v) is 10.1. The zero-order valence-electron chi connectivity index (χ0n) is 20.8. The normalized spacial score (nSPS) is 22.7. The van der Waals surface area contributed by atoms with Crippen molar-refractivity contribution in [2.24, 2.45) is 18.9 Å². The summed E-state index contributed by atoms with van der Waals surface area (Å²) in [7, 11) is 1.88. The van der Waals surface area contributed by atoms with Gasteiger partial charge in [-0.2, -0.15) is 10.4 Å². The van der Waals surface area contributed by atoms with E-state index in [0.717, 1.165) is 23.2 Å². The van der Waals surface area contributed by atoms with Crippen LogP contribution in [0.25, 0.3) is 28.6 Å². The molecule has 0 fully saturated rings. The predicted octanol–water partition coefficient (Wildman–Crippen LogP) is 4.96. The third kappa shape index (κ3) is 3.30. The maximum absolute atomic E-state index is 15.0. The summed E-state index contributed by atoms with van der Waals surface area (Å²) in [6.45, 7) is 3.95. The number of benzene rings is 2. The first-order chi connectivity index (χ1) is 17.8. The number of nitrogens with zero attached hydrogens (tertiary/aromatic N) is 6. The van der Waals surface area contributed by atoms with Crippen molar-refractivity contribution in [2.45, 2.75) is 32.1 Å². The molecule has 2 aliphatic rings. The van der Waals surface area contributed by atoms with Gasteiger partial charge in [0.15, 0.2) is 11.6 Å². The Labute approximate surface area is 213 Å². The fraction of sp³-hybridized carbons (Fsp3) is 0.276. The molecule has 0 saturated carbocycles. The van der Waals surface area contributed by atoms with Gasteiger partial charge in [-0.3, -0.25) is 9.36 Å². The van der Waals surface area contributed by atoms with Crippen molar-refractivity contribution >= 4 is 5.78 Å². The van der Waals surface area contributed by atoms with Crippen molar-refractivity contribution in [3.8, 4) is 34.7 Å². The van der Waals surface area contributed by atoms with Crippen LogP contribution in [0.5, 0.6) is 0 Å². The van der Waals surface area contributed by atoms with Gasteiger partial charge in [0.05, 0.1) is 17.0 Å². The van der Waals surface area contributed by atoms with Gasteiger partial charge in [0, 0.05) is 35.1 Å². The Morgan fingerprint density at radius 2 is 1.84 bits per heavy atom. The topological polar surface area (TPSA) is 89.4 Å². The van der Waals surface area contributed by atoms with Gasteiger partial charge >= 0.3 is 0 Å². The van der Waals surface area contributed by atoms with E-state index >= 15 is 4.39 Å². The van der Waals surface area contributed by atoms with E-state index in [1.165, 1.54) is 6.07 Å². The number of hydrogen-bond donors (Lipinski definition) is 0. The van der Waals surface area contributed by atoms with E-state index in [1.54, 1.807) is 29.0 Å². The summed E-state index contributed by atoms with van der Waals surface area (Å²) in [5, 5.41) is 23.7. The summed E-state index contributed by atoms with van der Waals surface area (Å²) in [4.78, 5) is 12.9. The maximum atomic E-state index is 15.0. The van der Waals surface area contributed by atoms with Gasteiger partial charge < -0.3 is 0 Å². The number of carbonyl (C=O) groups is 1. The van der Waals surface area contributed by atoms with E-state index < -0.39 is 5.41 Å². The molecule has 0 unspecified atom stereocenters. The highest BCUT2D eigenvalue weighted by Crippen LogP contribution is 2.52. The first-order valence-electron chi connectivity index (χ1n) is 12.3. The van der Waals surface area contributed by atoms with E-state index in [-0.39, 0.29) is 29.0 Å². The molecule has 0 aliphatic heterocycles. The van der Waals surface area contributed by atoms with Crippen LogP contribution in [0, 0.1) is 29.0 Å². The van der Waals surface area contributed by atoms with Crippen LogP contribution in [0.2, 0.25) is 0 Å². The molecular weight excluding hydrogens is 467 g/mol. The van der Waals surface area contributed by atoms with Crippen molar-refractivity contribution in [2.75, 3.05) is 0 Å². The largest absolute Gasteiger partial charge is 0.295 e. The van der Waals surface area contributed by atoms with Crippen molar-refractivity contribution < 1.29 is 9.18 Å². The number of rotatable bonds is 3. The lowest BCUT2D eigenvalue weighted by molar-refractivity contribution is -0.121. The van der Waals surface area contributed by atoms with Crippen molar-refractivity contribution in [1.82, 2.24) is 24.5 Å². The number of hydrogen-bond acceptors (Lipinski definition) is 5. The van der Waals surface area contributed by atoms with Gasteiger partial charge in [0.2, 0.25) is 0 Å². The van der Waals surface area contributed by atoms with Crippen LogP contribution in [-0.2, 0) is 23.7 Å². The van der Waals surface area contributed by atoms with Crippen LogP contribution in [-0.4, -0.2) is 30.3 Å². The predicted molar refractivity (Wildman–Crippen MR) is 136 cm³/mol. The van der Waals surface area contributed by atoms with Crippen molar-refractivity contribution in [1.29, 1.82) is 5.26 Å². The minimum Gasteiger partial charge on any atom is -0.295 e. The Balaban J connectivity index is 1.65. The van der Waals surface area contributed by atoms with Gasteiger partial charge in [-0.1, -0.05) is 62.4 Å². The zero-order chi connectivity index (χ0) is 25.9. The quantitative estimate of drug-likeness (QED) is 0.403. The summed E-state index contributed by atoms with van der Waals surface area (Å²) < 4.78 is 18.7. The van der Waals surface area contributed by atoms with Crippen LogP contribution in [0.15, 0.2) is 66.2 Å². The molecule has 4 aromatic rings. The summed E-state index contributed by atoms with van der Waals surface area (Å²) in [5.41, 5.74) is 3.07. The first kappa shape index (κ1) is 23.0. The van der Waals surface area contributed by atoms with Crippen molar-refractivity contribution in [3.63, 3.8) is 0 Å². The lowest BCUT2D eigenvalue weighted by Gasteiger charge is -2.45. The lowest BCUT2D eigenvalue weighted by Crippen LogP contribution is -2.46. The minimum absolute atomic E-state index is 0.0321. The molecule has 0 N–H and O–H groups in total. The molecule has 0 spiro atoms. The standard InChI is InChI=1S/C29H25FN6O/c1-17-22-14-13-21-24(20-11-7-8-12-23(20)30)34-36(26(21)29(22,2)15-19(16-31)25(17)37)28-33-32-27(35(28)3)18-9-5-4-6-10-18/h4-12,15,17,22H,13-14H2,1-3H3/t17-,22-,29-/m1/s1. The first-order valence-corrected chi connectivity index (χ1v) is 12.3. The highest BCUT2D eigenvalue weighted by molar-refractivity contribution is 6.02. The number of Topliss-reactive ketones (excluding diaryl/α,β-unsaturated/α-hetero) is 1. The summed E-state index contributed by atoms with van der Waals surface area (Å²) in [6, 6.07) is 18.5. The molecular formula is C29H25FN6O. The van der Waals surface area contributed by atoms with Crippen LogP contribution >= 0.6 is 0 Å². The number of aromatic nitrogens is 5. The number of halogens is 1. The number of fused-ring (bicyclic) bond motifs is 3. The minimum atomic E-state index is -0.679. The number of ketones is 1. The molecule has 0 radical (unpaired) electrons. The number of allylic oxidation sites excluding steroid dienone is 2. The number of carbonyl (C=O) groups excluding carboxylic acids is 1. The molecule has 0 amide bonds. The van der Waals surface area contributed by atoms with Gasteiger partial charge in [0.25, 0.3) is 5.95 Å². The Morgan fingerprint density at radius 3 is 2.57 bits per heavy atom. The molecule has 0 saturated heterocycles. The molecule has 6 rings (SSSR count). The molecule has 0 bridgehead atoms. The fourth-order valence-electron chi connectivity index (χ4n) is 6.21. The molecule has 2 aliphatic carbocycles. The van der Waals surface area contributed by atoms with Crippen LogP contribution < -0.4 is 0 Å². The second kappa shape index (κ2) is 8.34. The van der Waals surface area contributed by atoms with Gasteiger partial charge in [0.1, 0.15) is 11.9 Å². The van der Waals surface area contributed by atoms with Gasteiger partial charge in [-0.25, -0.2) is 9.07 Å². The van der Waals surface area contributed by atoms with E-state index in [9.17, 15) is 10.1 Å². The molecule has 184 valence electrons. The SMILES string of the molecule is C[C@H]1C(=O)C(C#N)=C[C@@]2(C)c3c(c(-c4ccccc4F)nn3-c3nnc(-c4ccccc4)n3C)CC[C@H]12. The molecule has 37 heavy (non-hydrogen) atoms. The lowest BCUT2D eigenvalue weighted by atomic mass is 9.58. The number of nitriles is 1. The second-order valence-electron chi connectivity index (χ2n) is 10.1. The molecule has 2 aromatic heterocycles. The van der Waals surface area contributed by atoms with Crippen LogP contribution in [0.3, 0.4) is 0 Å². The van der Waals surface area contributed by atoms with E-state index in [4.69, 9.17) is 5.10 Å². The van der Waals surface area contributed by atoms with E-state index in [0.29, 0.717) is 29.5 Å². The van der Waals surface area contributed by atoms with E-state index in [2.05, 4.69) is 16.3 Å². The Kier molecular flexibility index (Phi) is 5.19. The third-order valence-corrected chi connectivity index (χ3v) is 8.02. The Hall–Kier alpha value is -4.38. The smallest absolute Gasteiger partial charge is 0.252 e. The Morgan fingerprint density at radius 1 is 1.11 bits per heavy atom. The van der Waals surface area contributed by atoms with Crippen LogP contribution in [0.4, 0.5) is 4.39 Å². The highest BCUT2D eigenvalue weighted by atomic mass is 19.1. The molecule has 8 heteroatoms. The third-order valence-electron chi connectivity index (χ3n) is 8.02. The highest BCUT2D eigenvalue weighted by Gasteiger charge is 2.51. The van der Waals surface area contributed by atoms with Crippen LogP contribution in [0.1, 0.15) is 31.5 Å². The fourth-order valence-corrected chi connectivity index (χ4v) is 6.21. The van der Waals surface area contributed by atoms with Gasteiger partial charge in [-0.05, 0) is 30.9 Å². The molecule has 2 heterocycles. The Bertz CT molecular complexity index is 1630. The van der Waals surface area contributed by atoms with E-state index in [1.807, 2.05) is 55.8 Å². The maximum Gasteiger partial charge on any atom is 0.252 e. The summed E-state index contributed by atoms with van der Waals surface area (Å²) in [5.74, 6) is 0.318.